The van der Waals surface area contributed by atoms with E-state index in [2.05, 4.69) is 36.6 Å². The van der Waals surface area contributed by atoms with Gasteiger partial charge in [0.15, 0.2) is 0 Å². The van der Waals surface area contributed by atoms with Crippen molar-refractivity contribution < 1.29 is 9.59 Å². The highest BCUT2D eigenvalue weighted by Crippen LogP contribution is 2.40. The molecule has 0 unspecified atom stereocenters. The summed E-state index contributed by atoms with van der Waals surface area (Å²) in [7, 11) is 0. The maximum Gasteiger partial charge on any atom is 0.225 e. The maximum atomic E-state index is 12.5. The Hall–Kier alpha value is -2.33. The second-order valence-corrected chi connectivity index (χ2v) is 13.0. The molecule has 2 aliphatic carbocycles. The predicted molar refractivity (Wildman–Crippen MR) is 144 cm³/mol. The van der Waals surface area contributed by atoms with Crippen molar-refractivity contribution in [3.05, 3.63) is 32.0 Å². The van der Waals surface area contributed by atoms with Crippen molar-refractivity contribution in [1.82, 2.24) is 0 Å². The first-order valence-corrected chi connectivity index (χ1v) is 14.9. The Morgan fingerprint density at radius 1 is 0.857 bits per heavy atom. The molecule has 6 nitrogen and oxygen atoms in total. The van der Waals surface area contributed by atoms with Crippen LogP contribution in [0, 0.1) is 34.5 Å². The van der Waals surface area contributed by atoms with Crippen LogP contribution in [0.4, 0.5) is 10.0 Å². The molecule has 2 amide bonds. The van der Waals surface area contributed by atoms with E-state index in [4.69, 9.17) is 0 Å². The lowest BCUT2D eigenvalue weighted by atomic mass is 9.89. The number of amides is 2. The van der Waals surface area contributed by atoms with Crippen molar-refractivity contribution in [3.8, 4) is 12.1 Å². The molecular formula is C26H30N4O2S3. The summed E-state index contributed by atoms with van der Waals surface area (Å²) in [6, 6.07) is 4.57. The molecule has 0 aromatic carbocycles. The van der Waals surface area contributed by atoms with E-state index >= 15 is 0 Å². The Bertz CT molecular complexity index is 1110. The van der Waals surface area contributed by atoms with Gasteiger partial charge in [0, 0.05) is 34.1 Å². The van der Waals surface area contributed by atoms with Gasteiger partial charge >= 0.3 is 0 Å². The van der Waals surface area contributed by atoms with E-state index in [-0.39, 0.29) is 11.8 Å². The van der Waals surface area contributed by atoms with Crippen LogP contribution in [0.2, 0.25) is 0 Å². The summed E-state index contributed by atoms with van der Waals surface area (Å²) in [5.41, 5.74) is 3.51. The van der Waals surface area contributed by atoms with Gasteiger partial charge in [0.25, 0.3) is 0 Å². The highest BCUT2D eigenvalue weighted by atomic mass is 32.2. The number of nitrogens with one attached hydrogen (secondary N) is 2. The molecule has 2 atom stereocenters. The van der Waals surface area contributed by atoms with Gasteiger partial charge in [-0.1, -0.05) is 13.8 Å². The average Bonchev–Trinajstić information content (AvgIpc) is 3.33. The molecule has 184 valence electrons. The Morgan fingerprint density at radius 2 is 1.29 bits per heavy atom. The molecule has 2 heterocycles. The fourth-order valence-electron chi connectivity index (χ4n) is 4.72. The minimum absolute atomic E-state index is 0.0952. The van der Waals surface area contributed by atoms with Crippen LogP contribution in [0.15, 0.2) is 0 Å². The summed E-state index contributed by atoms with van der Waals surface area (Å²) in [6.07, 6.45) is 6.62. The fraction of sp³-hybridized carbons (Fsp3) is 0.538. The van der Waals surface area contributed by atoms with Gasteiger partial charge in [-0.2, -0.15) is 22.3 Å². The molecule has 0 saturated carbocycles. The number of fused-ring (bicyclic) bond motifs is 2. The molecule has 0 saturated heterocycles. The normalized spacial score (nSPS) is 18.6. The summed E-state index contributed by atoms with van der Waals surface area (Å²) in [5.74, 6) is 2.26. The van der Waals surface area contributed by atoms with E-state index in [1.54, 1.807) is 34.4 Å². The number of thioether (sulfide) groups is 1. The lowest BCUT2D eigenvalue weighted by molar-refractivity contribution is -0.116. The first kappa shape index (κ1) is 25.8. The van der Waals surface area contributed by atoms with Crippen LogP contribution < -0.4 is 10.6 Å². The van der Waals surface area contributed by atoms with Crippen LogP contribution in [-0.2, 0) is 35.3 Å². The summed E-state index contributed by atoms with van der Waals surface area (Å²) in [6.45, 7) is 4.45. The molecule has 9 heteroatoms. The quantitative estimate of drug-likeness (QED) is 0.417. The lowest BCUT2D eigenvalue weighted by Crippen LogP contribution is -2.14. The number of carbonyl (C=O) groups excluding carboxylic acids is 2. The van der Waals surface area contributed by atoms with E-state index in [1.165, 1.54) is 9.75 Å². The van der Waals surface area contributed by atoms with E-state index < -0.39 is 0 Å². The third-order valence-corrected chi connectivity index (χ3v) is 10.0. The van der Waals surface area contributed by atoms with Crippen molar-refractivity contribution in [2.45, 2.75) is 65.2 Å². The number of hydrogen-bond acceptors (Lipinski definition) is 7. The van der Waals surface area contributed by atoms with Gasteiger partial charge in [0.1, 0.15) is 22.1 Å². The van der Waals surface area contributed by atoms with Gasteiger partial charge in [0.2, 0.25) is 11.8 Å². The lowest BCUT2D eigenvalue weighted by Gasteiger charge is -2.17. The number of carbonyl (C=O) groups is 2. The van der Waals surface area contributed by atoms with Crippen molar-refractivity contribution >= 4 is 56.3 Å². The van der Waals surface area contributed by atoms with Crippen molar-refractivity contribution in [2.24, 2.45) is 11.8 Å². The number of nitriles is 2. The third kappa shape index (κ3) is 6.09. The third-order valence-electron chi connectivity index (χ3n) is 6.70. The molecule has 2 aromatic heterocycles. The minimum atomic E-state index is -0.0952. The van der Waals surface area contributed by atoms with Gasteiger partial charge in [-0.15, -0.1) is 22.7 Å². The largest absolute Gasteiger partial charge is 0.317 e. The number of anilines is 2. The predicted octanol–water partition coefficient (Wildman–Crippen LogP) is 5.89. The van der Waals surface area contributed by atoms with E-state index in [1.807, 2.05) is 0 Å². The molecule has 2 aliphatic rings. The Morgan fingerprint density at radius 3 is 1.69 bits per heavy atom. The molecule has 4 rings (SSSR count). The SMILES string of the molecule is C[C@@H]1CCc2c(sc(NC(=O)CCSCCC(=O)Nc3sc4c(c3C#N)CC[C@@H](C)C4)c2C#N)C1. The average molecular weight is 527 g/mol. The molecule has 0 bridgehead atoms. The molecule has 2 N–H and O–H groups in total. The first-order valence-electron chi connectivity index (χ1n) is 12.2. The topological polar surface area (TPSA) is 106 Å². The van der Waals surface area contributed by atoms with Crippen molar-refractivity contribution in [1.29, 1.82) is 10.5 Å². The summed E-state index contributed by atoms with van der Waals surface area (Å²) in [4.78, 5) is 27.4. The van der Waals surface area contributed by atoms with Crippen LogP contribution in [0.1, 0.15) is 71.5 Å². The van der Waals surface area contributed by atoms with Crippen LogP contribution in [0.3, 0.4) is 0 Å². The molecular weight excluding hydrogens is 497 g/mol. The van der Waals surface area contributed by atoms with Gasteiger partial charge < -0.3 is 10.6 Å². The first-order chi connectivity index (χ1) is 16.9. The molecule has 0 fully saturated rings. The molecule has 0 spiro atoms. The zero-order valence-corrected chi connectivity index (χ0v) is 22.6. The zero-order valence-electron chi connectivity index (χ0n) is 20.2. The molecule has 2 aromatic rings. The molecule has 35 heavy (non-hydrogen) atoms. The molecule has 0 aliphatic heterocycles. The summed E-state index contributed by atoms with van der Waals surface area (Å²) < 4.78 is 0. The van der Waals surface area contributed by atoms with Gasteiger partial charge in [-0.25, -0.2) is 0 Å². The second-order valence-electron chi connectivity index (χ2n) is 9.54. The molecule has 0 radical (unpaired) electrons. The number of nitrogens with zero attached hydrogens (tertiary/aromatic N) is 2. The standard InChI is InChI=1S/C26H30N4O2S3/c1-15-3-5-17-19(13-27)25(34-21(17)11-15)29-23(31)7-9-33-10-8-24(32)30-26-20(14-28)18-6-4-16(2)12-22(18)35-26/h15-16H,3-12H2,1-2H3,(H,29,31)(H,30,32)/t15-,16-/m1/s1. The Labute approximate surface area is 219 Å². The van der Waals surface area contributed by atoms with Crippen LogP contribution >= 0.6 is 34.4 Å². The van der Waals surface area contributed by atoms with Crippen LogP contribution in [-0.4, -0.2) is 23.3 Å². The van der Waals surface area contributed by atoms with Gasteiger partial charge in [-0.3, -0.25) is 9.59 Å². The van der Waals surface area contributed by atoms with Gasteiger partial charge in [0.05, 0.1) is 11.1 Å². The van der Waals surface area contributed by atoms with Crippen LogP contribution in [0.5, 0.6) is 0 Å². The van der Waals surface area contributed by atoms with E-state index in [0.717, 1.165) is 49.7 Å². The Balaban J connectivity index is 1.20. The number of rotatable bonds is 8. The summed E-state index contributed by atoms with van der Waals surface area (Å²) >= 11 is 4.65. The van der Waals surface area contributed by atoms with Crippen molar-refractivity contribution in [3.63, 3.8) is 0 Å². The summed E-state index contributed by atoms with van der Waals surface area (Å²) in [5, 5.41) is 26.4. The number of thiophene rings is 2. The smallest absolute Gasteiger partial charge is 0.225 e. The monoisotopic (exact) mass is 526 g/mol. The van der Waals surface area contributed by atoms with Crippen molar-refractivity contribution in [2.75, 3.05) is 22.1 Å². The van der Waals surface area contributed by atoms with E-state index in [9.17, 15) is 20.1 Å². The zero-order chi connectivity index (χ0) is 24.9. The fourth-order valence-corrected chi connectivity index (χ4v) is 8.34. The second kappa shape index (κ2) is 11.6. The van der Waals surface area contributed by atoms with Crippen LogP contribution in [0.25, 0.3) is 0 Å². The van der Waals surface area contributed by atoms with E-state index in [0.29, 0.717) is 57.3 Å². The Kier molecular flexibility index (Phi) is 8.54. The maximum absolute atomic E-state index is 12.5. The highest BCUT2D eigenvalue weighted by molar-refractivity contribution is 7.99. The minimum Gasteiger partial charge on any atom is -0.317 e. The number of hydrogen-bond donors (Lipinski definition) is 2. The van der Waals surface area contributed by atoms with Gasteiger partial charge in [-0.05, 0) is 61.5 Å². The highest BCUT2D eigenvalue weighted by Gasteiger charge is 2.26.